The quantitative estimate of drug-likeness (QED) is 0.0862. The van der Waals surface area contributed by atoms with Gasteiger partial charge in [-0.1, -0.05) is 170 Å². The van der Waals surface area contributed by atoms with Crippen molar-refractivity contribution in [1.29, 1.82) is 0 Å². The van der Waals surface area contributed by atoms with Crippen LogP contribution in [0.3, 0.4) is 0 Å². The van der Waals surface area contributed by atoms with E-state index in [1.54, 1.807) is 0 Å². The average molecular weight is 775 g/mol. The molecule has 1 atom stereocenters. The molecule has 0 aliphatic carbocycles. The third-order valence-electron chi connectivity index (χ3n) is 11.2. The molecule has 0 saturated heterocycles. The Morgan fingerprint density at radius 3 is 1.85 bits per heavy atom. The minimum atomic E-state index is 0.190. The molecule has 0 aliphatic rings. The van der Waals surface area contributed by atoms with Crippen LogP contribution in [0, 0.1) is 0 Å². The first-order valence-corrected chi connectivity index (χ1v) is 20.7. The summed E-state index contributed by atoms with van der Waals surface area (Å²) in [7, 11) is 0. The largest absolute Gasteiger partial charge is 0.456 e. The number of rotatable bonds is 13. The molecule has 60 heavy (non-hydrogen) atoms. The van der Waals surface area contributed by atoms with E-state index in [1.165, 1.54) is 22.3 Å². The number of hydrogen-bond acceptors (Lipinski definition) is 3. The van der Waals surface area contributed by atoms with Crippen LogP contribution in [-0.2, 0) is 0 Å². The lowest BCUT2D eigenvalue weighted by Gasteiger charge is -2.26. The van der Waals surface area contributed by atoms with Gasteiger partial charge in [-0.3, -0.25) is 4.99 Å². The molecule has 290 valence electrons. The standard InChI is InChI=1S/C57H46N2O/c1-3-42(46-27-16-28-47(38-46)44-22-10-5-11-23-44)26-18-34-54(58-41(2)43-20-8-4-9-21-43)52-33-19-35-55-57(52)53-37-36-51(40-56(53)60-55)59(49-30-14-7-15-31-49)50-32-17-29-48(39-50)45-24-12-6-13-25-45/h3-17,19-25,27-40,42H,1,18,26H2,2H3/b54-34-,58-41+. The Labute approximate surface area is 352 Å². The van der Waals surface area contributed by atoms with E-state index in [2.05, 4.69) is 231 Å². The molecule has 3 nitrogen and oxygen atoms in total. The number of para-hydroxylation sites is 1. The third kappa shape index (κ3) is 8.12. The molecule has 8 aromatic carbocycles. The van der Waals surface area contributed by atoms with Gasteiger partial charge in [0.2, 0.25) is 0 Å². The van der Waals surface area contributed by atoms with Crippen molar-refractivity contribution in [3.8, 4) is 22.3 Å². The van der Waals surface area contributed by atoms with Crippen molar-refractivity contribution in [2.45, 2.75) is 25.7 Å². The summed E-state index contributed by atoms with van der Waals surface area (Å²) in [5.41, 5.74) is 14.9. The molecule has 0 fully saturated rings. The smallest absolute Gasteiger partial charge is 0.137 e. The number of nitrogens with zero attached hydrogens (tertiary/aromatic N) is 2. The van der Waals surface area contributed by atoms with Gasteiger partial charge in [0.05, 0.1) is 5.70 Å². The molecule has 0 radical (unpaired) electrons. The van der Waals surface area contributed by atoms with Crippen LogP contribution in [0.5, 0.6) is 0 Å². The van der Waals surface area contributed by atoms with Crippen molar-refractivity contribution >= 4 is 50.4 Å². The molecular formula is C57H46N2O. The summed E-state index contributed by atoms with van der Waals surface area (Å²) in [6.45, 7) is 6.36. The zero-order chi connectivity index (χ0) is 40.7. The topological polar surface area (TPSA) is 28.7 Å². The van der Waals surface area contributed by atoms with Gasteiger partial charge < -0.3 is 9.32 Å². The number of benzene rings is 8. The molecule has 1 heterocycles. The molecule has 0 saturated carbocycles. The highest BCUT2D eigenvalue weighted by atomic mass is 16.3. The van der Waals surface area contributed by atoms with E-state index in [4.69, 9.17) is 9.41 Å². The lowest BCUT2D eigenvalue weighted by molar-refractivity contribution is 0.669. The van der Waals surface area contributed by atoms with E-state index in [0.717, 1.165) is 79.9 Å². The predicted octanol–water partition coefficient (Wildman–Crippen LogP) is 16.0. The van der Waals surface area contributed by atoms with Crippen molar-refractivity contribution in [2.24, 2.45) is 4.99 Å². The van der Waals surface area contributed by atoms with Gasteiger partial charge in [0.1, 0.15) is 11.2 Å². The van der Waals surface area contributed by atoms with Gasteiger partial charge in [0, 0.05) is 51.1 Å². The maximum atomic E-state index is 6.74. The Bertz CT molecular complexity index is 2950. The molecule has 0 N–H and O–H groups in total. The number of hydrogen-bond donors (Lipinski definition) is 0. The predicted molar refractivity (Wildman–Crippen MR) is 255 cm³/mol. The van der Waals surface area contributed by atoms with E-state index < -0.39 is 0 Å². The van der Waals surface area contributed by atoms with E-state index >= 15 is 0 Å². The average Bonchev–Trinajstić information content (AvgIpc) is 3.70. The normalized spacial score (nSPS) is 12.4. The Kier molecular flexibility index (Phi) is 11.1. The van der Waals surface area contributed by atoms with Crippen LogP contribution >= 0.6 is 0 Å². The molecular weight excluding hydrogens is 729 g/mol. The summed E-state index contributed by atoms with van der Waals surface area (Å²) < 4.78 is 6.74. The Morgan fingerprint density at radius 1 is 0.567 bits per heavy atom. The van der Waals surface area contributed by atoms with Gasteiger partial charge in [0.25, 0.3) is 0 Å². The number of anilines is 3. The summed E-state index contributed by atoms with van der Waals surface area (Å²) in [4.78, 5) is 7.66. The summed E-state index contributed by atoms with van der Waals surface area (Å²) >= 11 is 0. The fourth-order valence-corrected chi connectivity index (χ4v) is 8.19. The summed E-state index contributed by atoms with van der Waals surface area (Å²) in [5.74, 6) is 0.190. The van der Waals surface area contributed by atoms with E-state index in [0.29, 0.717) is 0 Å². The maximum absolute atomic E-state index is 6.74. The Hall–Kier alpha value is -7.49. The monoisotopic (exact) mass is 774 g/mol. The minimum absolute atomic E-state index is 0.190. The van der Waals surface area contributed by atoms with Crippen molar-refractivity contribution in [1.82, 2.24) is 0 Å². The molecule has 1 unspecified atom stereocenters. The zero-order valence-corrected chi connectivity index (χ0v) is 33.8. The molecule has 0 amide bonds. The second-order valence-corrected chi connectivity index (χ2v) is 15.1. The highest BCUT2D eigenvalue weighted by Crippen LogP contribution is 2.41. The highest BCUT2D eigenvalue weighted by molar-refractivity contribution is 6.12. The van der Waals surface area contributed by atoms with Crippen LogP contribution in [0.1, 0.15) is 42.4 Å². The van der Waals surface area contributed by atoms with Crippen LogP contribution in [0.15, 0.2) is 234 Å². The molecule has 3 heteroatoms. The molecule has 0 aliphatic heterocycles. The highest BCUT2D eigenvalue weighted by Gasteiger charge is 2.19. The van der Waals surface area contributed by atoms with Gasteiger partial charge >= 0.3 is 0 Å². The number of aliphatic imine (C=N–C) groups is 1. The van der Waals surface area contributed by atoms with Gasteiger partial charge in [-0.2, -0.15) is 0 Å². The van der Waals surface area contributed by atoms with Crippen LogP contribution < -0.4 is 4.90 Å². The second-order valence-electron chi connectivity index (χ2n) is 15.1. The van der Waals surface area contributed by atoms with Crippen LogP contribution in [0.2, 0.25) is 0 Å². The molecule has 0 bridgehead atoms. The molecule has 1 aromatic heterocycles. The fraction of sp³-hybridized carbons (Fsp3) is 0.0702. The number of furan rings is 1. The summed E-state index contributed by atoms with van der Waals surface area (Å²) in [6, 6.07) is 72.5. The Morgan fingerprint density at radius 2 is 1.15 bits per heavy atom. The molecule has 0 spiro atoms. The van der Waals surface area contributed by atoms with Crippen LogP contribution in [0.25, 0.3) is 49.9 Å². The first-order valence-electron chi connectivity index (χ1n) is 20.7. The first kappa shape index (κ1) is 38.1. The lowest BCUT2D eigenvalue weighted by atomic mass is 9.91. The fourth-order valence-electron chi connectivity index (χ4n) is 8.19. The van der Waals surface area contributed by atoms with E-state index in [-0.39, 0.29) is 5.92 Å². The SMILES string of the molecule is C=CC(CC/C=C(\N=C(/C)c1ccccc1)c1cccc2oc3cc(N(c4ccccc4)c4cccc(-c5ccccc5)c4)ccc3c12)c1cccc(-c2ccccc2)c1. The van der Waals surface area contributed by atoms with Crippen LogP contribution in [0.4, 0.5) is 17.1 Å². The van der Waals surface area contributed by atoms with Crippen molar-refractivity contribution in [2.75, 3.05) is 4.90 Å². The number of fused-ring (bicyclic) bond motifs is 3. The van der Waals surface area contributed by atoms with Gasteiger partial charge in [-0.15, -0.1) is 6.58 Å². The zero-order valence-electron chi connectivity index (χ0n) is 33.8. The summed E-state index contributed by atoms with van der Waals surface area (Å²) in [6.07, 6.45) is 6.09. The summed E-state index contributed by atoms with van der Waals surface area (Å²) in [5, 5.41) is 2.11. The van der Waals surface area contributed by atoms with E-state index in [9.17, 15) is 0 Å². The second kappa shape index (κ2) is 17.6. The third-order valence-corrected chi connectivity index (χ3v) is 11.2. The molecule has 9 aromatic rings. The van der Waals surface area contributed by atoms with Gasteiger partial charge in [-0.05, 0) is 95.6 Å². The minimum Gasteiger partial charge on any atom is -0.456 e. The lowest BCUT2D eigenvalue weighted by Crippen LogP contribution is -2.09. The van der Waals surface area contributed by atoms with E-state index in [1.807, 2.05) is 6.07 Å². The van der Waals surface area contributed by atoms with Crippen molar-refractivity contribution in [3.05, 3.63) is 242 Å². The van der Waals surface area contributed by atoms with Crippen LogP contribution in [-0.4, -0.2) is 5.71 Å². The van der Waals surface area contributed by atoms with Gasteiger partial charge in [-0.25, -0.2) is 0 Å². The maximum Gasteiger partial charge on any atom is 0.137 e. The van der Waals surface area contributed by atoms with Crippen molar-refractivity contribution < 1.29 is 4.42 Å². The number of allylic oxidation sites excluding steroid dienone is 2. The van der Waals surface area contributed by atoms with Crippen molar-refractivity contribution in [3.63, 3.8) is 0 Å². The van der Waals surface area contributed by atoms with Gasteiger partial charge in [0.15, 0.2) is 0 Å². The Balaban J connectivity index is 1.10. The first-order chi connectivity index (χ1) is 29.6. The molecule has 9 rings (SSSR count).